The molecule has 1 aliphatic heterocycles. The Bertz CT molecular complexity index is 1280. The maximum Gasteiger partial charge on any atom is 0.338 e. The molecule has 1 heterocycles. The van der Waals surface area contributed by atoms with Gasteiger partial charge in [0, 0.05) is 21.3 Å². The molecule has 0 saturated carbocycles. The number of thiocarbonyl (C=S) groups is 1. The molecule has 0 fully saturated rings. The molecule has 1 aliphatic rings. The maximum atomic E-state index is 12.7. The normalized spacial score (nSPS) is 15.2. The van der Waals surface area contributed by atoms with Crippen LogP contribution in [0.4, 0.5) is 0 Å². The Morgan fingerprint density at radius 2 is 1.97 bits per heavy atom. The Balaban J connectivity index is 1.73. The van der Waals surface area contributed by atoms with E-state index in [1.807, 2.05) is 32.0 Å². The van der Waals surface area contributed by atoms with Crippen LogP contribution in [0, 0.1) is 0 Å². The number of nitrogens with zero attached hydrogens (tertiary/aromatic N) is 1. The van der Waals surface area contributed by atoms with Crippen LogP contribution in [0.3, 0.4) is 0 Å². The second kappa shape index (κ2) is 13.7. The molecule has 3 rings (SSSR count). The van der Waals surface area contributed by atoms with Crippen molar-refractivity contribution < 1.29 is 23.8 Å². The quantitative estimate of drug-likeness (QED) is 0.142. The van der Waals surface area contributed by atoms with Crippen molar-refractivity contribution >= 4 is 67.3 Å². The molecule has 0 radical (unpaired) electrons. The van der Waals surface area contributed by atoms with E-state index in [-0.39, 0.29) is 19.3 Å². The van der Waals surface area contributed by atoms with E-state index in [2.05, 4.69) is 53.0 Å². The summed E-state index contributed by atoms with van der Waals surface area (Å²) in [6.07, 6.45) is 1.45. The van der Waals surface area contributed by atoms with Crippen LogP contribution in [0.1, 0.15) is 44.9 Å². The molecular weight excluding hydrogens is 640 g/mol. The van der Waals surface area contributed by atoms with E-state index < -0.39 is 17.9 Å². The van der Waals surface area contributed by atoms with Gasteiger partial charge in [0.1, 0.15) is 11.5 Å². The van der Waals surface area contributed by atoms with Crippen LogP contribution in [-0.4, -0.2) is 42.5 Å². The third kappa shape index (κ3) is 7.78. The van der Waals surface area contributed by atoms with E-state index in [4.69, 9.17) is 26.4 Å². The predicted molar refractivity (Wildman–Crippen MR) is 156 cm³/mol. The topological polar surface area (TPSA) is 110 Å². The molecule has 3 N–H and O–H groups in total. The number of ether oxygens (including phenoxy) is 3. The fraction of sp³-hybridized carbons (Fsp3) is 0.308. The minimum Gasteiger partial charge on any atom is -0.489 e. The van der Waals surface area contributed by atoms with Gasteiger partial charge < -0.3 is 24.8 Å². The van der Waals surface area contributed by atoms with Gasteiger partial charge in [0.15, 0.2) is 11.7 Å². The van der Waals surface area contributed by atoms with Gasteiger partial charge in [0.05, 0.1) is 35.0 Å². The summed E-state index contributed by atoms with van der Waals surface area (Å²) in [6.45, 7) is 7.26. The molecule has 1 atom stereocenters. The molecule has 9 nitrogen and oxygen atoms in total. The monoisotopic (exact) mass is 666 g/mol. The highest BCUT2D eigenvalue weighted by atomic mass is 79.9. The van der Waals surface area contributed by atoms with Crippen molar-refractivity contribution in [3.63, 3.8) is 0 Å². The van der Waals surface area contributed by atoms with Crippen molar-refractivity contribution in [1.29, 1.82) is 0 Å². The van der Waals surface area contributed by atoms with Crippen molar-refractivity contribution in [1.82, 2.24) is 16.1 Å². The van der Waals surface area contributed by atoms with Gasteiger partial charge in [-0.3, -0.25) is 4.79 Å². The number of carbonyl (C=O) groups is 2. The first-order valence-corrected chi connectivity index (χ1v) is 13.7. The van der Waals surface area contributed by atoms with Crippen molar-refractivity contribution in [2.45, 2.75) is 39.8 Å². The first kappa shape index (κ1) is 29.6. The summed E-state index contributed by atoms with van der Waals surface area (Å²) in [5, 5.41) is 10.5. The second-order valence-corrected chi connectivity index (χ2v) is 10.6. The summed E-state index contributed by atoms with van der Waals surface area (Å²) in [6, 6.07) is 10.2. The number of halogens is 2. The third-order valence-electron chi connectivity index (χ3n) is 5.14. The zero-order valence-electron chi connectivity index (χ0n) is 21.3. The fourth-order valence-corrected chi connectivity index (χ4v) is 5.27. The first-order valence-electron chi connectivity index (χ1n) is 11.7. The summed E-state index contributed by atoms with van der Waals surface area (Å²) in [7, 11) is 0. The molecule has 0 aromatic heterocycles. The van der Waals surface area contributed by atoms with E-state index in [1.165, 1.54) is 6.21 Å². The minimum absolute atomic E-state index is 0.0468. The van der Waals surface area contributed by atoms with Crippen LogP contribution in [-0.2, 0) is 14.3 Å². The molecule has 2 aromatic rings. The molecule has 0 unspecified atom stereocenters. The number of rotatable bonds is 10. The molecular formula is C26H28Br2N4O5S. The Hall–Kier alpha value is -2.96. The summed E-state index contributed by atoms with van der Waals surface area (Å²) >= 11 is 12.2. The van der Waals surface area contributed by atoms with Crippen LogP contribution in [0.2, 0.25) is 0 Å². The minimum atomic E-state index is -0.616. The number of amides is 1. The Morgan fingerprint density at radius 3 is 2.68 bits per heavy atom. The van der Waals surface area contributed by atoms with Crippen LogP contribution >= 0.6 is 44.1 Å². The van der Waals surface area contributed by atoms with E-state index in [0.29, 0.717) is 39.0 Å². The van der Waals surface area contributed by atoms with Crippen LogP contribution < -0.4 is 25.5 Å². The molecule has 0 aliphatic carbocycles. The van der Waals surface area contributed by atoms with Crippen molar-refractivity contribution in [2.75, 3.05) is 13.2 Å². The molecule has 202 valence electrons. The number of para-hydroxylation sites is 1. The Kier molecular flexibility index (Phi) is 10.7. The third-order valence-corrected chi connectivity index (χ3v) is 6.40. The highest BCUT2D eigenvalue weighted by Crippen LogP contribution is 2.34. The number of hydrogen-bond donors (Lipinski definition) is 3. The zero-order valence-corrected chi connectivity index (χ0v) is 25.3. The molecule has 0 saturated heterocycles. The smallest absolute Gasteiger partial charge is 0.338 e. The Labute approximate surface area is 243 Å². The van der Waals surface area contributed by atoms with Crippen LogP contribution in [0.15, 0.2) is 61.7 Å². The lowest BCUT2D eigenvalue weighted by Gasteiger charge is -2.30. The standard InChI is InChI=1S/C26H28Br2N4O5S/c1-5-35-25(34)22-15(4)30-26(38)31-23(22)18-8-6-7-9-20(18)36-13-21(33)32-29-12-16-10-17(27)11-19(28)24(16)37-14(2)3/h6-12,14,23H,5,13H2,1-4H3,(H,32,33)(H2,30,31,38)/t23-/m1/s1. The molecule has 0 spiro atoms. The first-order chi connectivity index (χ1) is 18.1. The summed E-state index contributed by atoms with van der Waals surface area (Å²) < 4.78 is 18.5. The molecule has 1 amide bonds. The van der Waals surface area contributed by atoms with Gasteiger partial charge in [-0.05, 0) is 74.0 Å². The summed E-state index contributed by atoms with van der Waals surface area (Å²) in [5.74, 6) is 0.0773. The van der Waals surface area contributed by atoms with E-state index in [9.17, 15) is 9.59 Å². The lowest BCUT2D eigenvalue weighted by Crippen LogP contribution is -2.45. The average Bonchev–Trinajstić information content (AvgIpc) is 2.84. The van der Waals surface area contributed by atoms with Crippen LogP contribution in [0.25, 0.3) is 0 Å². The highest BCUT2D eigenvalue weighted by molar-refractivity contribution is 9.11. The maximum absolute atomic E-state index is 12.7. The molecule has 2 aromatic carbocycles. The summed E-state index contributed by atoms with van der Waals surface area (Å²) in [4.78, 5) is 25.2. The number of hydrazone groups is 1. The number of esters is 1. The predicted octanol–water partition coefficient (Wildman–Crippen LogP) is 4.88. The van der Waals surface area contributed by atoms with E-state index >= 15 is 0 Å². The number of allylic oxidation sites excluding steroid dienone is 1. The number of hydrogen-bond acceptors (Lipinski definition) is 7. The zero-order chi connectivity index (χ0) is 27.8. The molecule has 0 bridgehead atoms. The van der Waals surface area contributed by atoms with Crippen molar-refractivity contribution in [3.8, 4) is 11.5 Å². The number of carbonyl (C=O) groups excluding carboxylic acids is 2. The lowest BCUT2D eigenvalue weighted by atomic mass is 9.95. The largest absolute Gasteiger partial charge is 0.489 e. The van der Waals surface area contributed by atoms with E-state index in [0.717, 1.165) is 8.95 Å². The van der Waals surface area contributed by atoms with Gasteiger partial charge in [0.25, 0.3) is 5.91 Å². The van der Waals surface area contributed by atoms with Gasteiger partial charge in [-0.1, -0.05) is 34.1 Å². The lowest BCUT2D eigenvalue weighted by molar-refractivity contribution is -0.139. The van der Waals surface area contributed by atoms with Gasteiger partial charge in [-0.15, -0.1) is 0 Å². The van der Waals surface area contributed by atoms with Crippen LogP contribution in [0.5, 0.6) is 11.5 Å². The van der Waals surface area contributed by atoms with Gasteiger partial charge in [0.2, 0.25) is 0 Å². The second-order valence-electron chi connectivity index (χ2n) is 8.38. The number of nitrogens with one attached hydrogen (secondary N) is 3. The summed E-state index contributed by atoms with van der Waals surface area (Å²) in [5.41, 5.74) is 4.73. The SMILES string of the molecule is CCOC(=O)C1=C(C)NC(=S)N[C@@H]1c1ccccc1OCC(=O)NN=Cc1cc(Br)cc(Br)c1OC(C)C. The van der Waals surface area contributed by atoms with Crippen molar-refractivity contribution in [3.05, 3.63) is 67.7 Å². The van der Waals surface area contributed by atoms with Gasteiger partial charge in [-0.2, -0.15) is 5.10 Å². The Morgan fingerprint density at radius 1 is 1.24 bits per heavy atom. The highest BCUT2D eigenvalue weighted by Gasteiger charge is 2.32. The molecule has 12 heteroatoms. The van der Waals surface area contributed by atoms with Gasteiger partial charge in [-0.25, -0.2) is 10.2 Å². The van der Waals surface area contributed by atoms with E-state index in [1.54, 1.807) is 32.0 Å². The van der Waals surface area contributed by atoms with Gasteiger partial charge >= 0.3 is 5.97 Å². The molecule has 38 heavy (non-hydrogen) atoms. The fourth-order valence-electron chi connectivity index (χ4n) is 3.64. The number of benzene rings is 2. The van der Waals surface area contributed by atoms with Crippen molar-refractivity contribution in [2.24, 2.45) is 5.10 Å². The average molecular weight is 668 g/mol.